The minimum atomic E-state index is -0.947. The topological polar surface area (TPSA) is 143 Å². The molecular weight excluding hydrogens is 568 g/mol. The summed E-state index contributed by atoms with van der Waals surface area (Å²) in [5.74, 6) is 0.876. The van der Waals surface area contributed by atoms with Gasteiger partial charge in [-0.3, -0.25) is 19.6 Å². The summed E-state index contributed by atoms with van der Waals surface area (Å²) < 4.78 is 1.50. The Morgan fingerprint density at radius 2 is 1.67 bits per heavy atom. The summed E-state index contributed by atoms with van der Waals surface area (Å²) in [5, 5.41) is 2.72. The number of carbonyl (C=O) groups is 2. The van der Waals surface area contributed by atoms with Gasteiger partial charge in [-0.2, -0.15) is 4.98 Å². The summed E-state index contributed by atoms with van der Waals surface area (Å²) in [7, 11) is 0. The number of benzene rings is 1. The number of carbonyl (C=O) groups excluding carboxylic acids is 2. The maximum Gasteiger partial charge on any atom is 0.354 e. The molecule has 236 valence electrons. The first-order valence-corrected chi connectivity index (χ1v) is 15.3. The Morgan fingerprint density at radius 1 is 1.02 bits per heavy atom. The molecule has 0 unspecified atom stereocenters. The Labute approximate surface area is 260 Å². The van der Waals surface area contributed by atoms with Gasteiger partial charge < -0.3 is 21.3 Å². The van der Waals surface area contributed by atoms with Gasteiger partial charge in [-0.1, -0.05) is 6.07 Å². The van der Waals surface area contributed by atoms with Gasteiger partial charge in [0.25, 0.3) is 0 Å². The first-order chi connectivity index (χ1) is 20.0. The van der Waals surface area contributed by atoms with Gasteiger partial charge in [0.1, 0.15) is 5.82 Å². The summed E-state index contributed by atoms with van der Waals surface area (Å²) in [5.41, 5.74) is 13.9. The van der Waals surface area contributed by atoms with Crippen LogP contribution in [0.2, 0.25) is 0 Å². The molecule has 43 heavy (non-hydrogen) atoms. The average Bonchev–Trinajstić information content (AvgIpc) is 3.77. The lowest BCUT2D eigenvalue weighted by Crippen LogP contribution is -2.58. The number of aromatic nitrogens is 2. The molecule has 0 bridgehead atoms. The summed E-state index contributed by atoms with van der Waals surface area (Å²) in [6.07, 6.45) is 8.83. The summed E-state index contributed by atoms with van der Waals surface area (Å²) in [6.45, 7) is 9.08. The number of hydrogen-bond donors (Lipinski definition) is 3. The van der Waals surface area contributed by atoms with E-state index in [1.54, 1.807) is 35.9 Å². The molecule has 11 nitrogen and oxygen atoms in total. The van der Waals surface area contributed by atoms with Crippen LogP contribution in [0, 0.1) is 12.8 Å². The lowest BCUT2D eigenvalue weighted by atomic mass is 9.90. The Kier molecular flexibility index (Phi) is 10.5. The monoisotopic (exact) mass is 614 g/mol. The fourth-order valence-electron chi connectivity index (χ4n) is 6.05. The average molecular weight is 615 g/mol. The van der Waals surface area contributed by atoms with Crippen molar-refractivity contribution in [1.29, 1.82) is 0 Å². The molecule has 1 aromatic heterocycles. The molecule has 1 aromatic carbocycles. The maximum atomic E-state index is 13.0. The zero-order valence-corrected chi connectivity index (χ0v) is 26.4. The number of nitrogens with one attached hydrogen (secondary N) is 1. The molecule has 1 saturated heterocycles. The van der Waals surface area contributed by atoms with Crippen LogP contribution in [0.4, 0.5) is 10.6 Å². The summed E-state index contributed by atoms with van der Waals surface area (Å²) in [6, 6.07) is 8.33. The number of urea groups is 1. The molecule has 2 heterocycles. The van der Waals surface area contributed by atoms with Crippen LogP contribution in [-0.2, 0) is 11.3 Å². The minimum absolute atomic E-state index is 0. The van der Waals surface area contributed by atoms with E-state index in [-0.39, 0.29) is 30.2 Å². The standard InChI is InChI=1S/C31H46N8O3.ClH/c1-21-18-26(9-6-23(21)20-38(19-22-4-5-22)25-10-7-24(32)8-11-25)39-13-12-27(35-30(39)42)34-29(41)37-16-14-36(15-17-37)28(40)31(2,3)33;/h6,9,12-13,18,22,24-25H,4-5,7-8,10-11,14-17,19-20,32-33H2,1-3H3,(H,34,35,41,42);1H/t24-,25-;. The molecule has 2 saturated carbocycles. The van der Waals surface area contributed by atoms with Gasteiger partial charge in [0.2, 0.25) is 5.91 Å². The predicted octanol–water partition coefficient (Wildman–Crippen LogP) is 2.86. The van der Waals surface area contributed by atoms with Gasteiger partial charge >= 0.3 is 11.7 Å². The van der Waals surface area contributed by atoms with Gasteiger partial charge in [0, 0.05) is 57.5 Å². The normalized spacial score (nSPS) is 21.0. The summed E-state index contributed by atoms with van der Waals surface area (Å²) in [4.78, 5) is 48.2. The van der Waals surface area contributed by atoms with Gasteiger partial charge in [-0.25, -0.2) is 9.59 Å². The molecular formula is C31H47ClN8O3. The zero-order chi connectivity index (χ0) is 30.0. The second-order valence-corrected chi connectivity index (χ2v) is 12.9. The molecule has 3 amide bonds. The molecule has 3 aliphatic rings. The fourth-order valence-corrected chi connectivity index (χ4v) is 6.05. The van der Waals surface area contributed by atoms with E-state index in [9.17, 15) is 14.4 Å². The second-order valence-electron chi connectivity index (χ2n) is 12.9. The number of nitrogens with zero attached hydrogens (tertiary/aromatic N) is 5. The van der Waals surface area contributed by atoms with E-state index in [0.29, 0.717) is 38.3 Å². The van der Waals surface area contributed by atoms with Crippen LogP contribution in [0.3, 0.4) is 0 Å². The summed E-state index contributed by atoms with van der Waals surface area (Å²) >= 11 is 0. The van der Waals surface area contributed by atoms with Crippen LogP contribution in [-0.4, -0.2) is 86.5 Å². The second kappa shape index (κ2) is 13.8. The van der Waals surface area contributed by atoms with Crippen molar-refractivity contribution in [3.05, 3.63) is 52.1 Å². The van der Waals surface area contributed by atoms with Crippen LogP contribution in [0.5, 0.6) is 0 Å². The largest absolute Gasteiger partial charge is 0.354 e. The van der Waals surface area contributed by atoms with Gasteiger partial charge in [0.15, 0.2) is 0 Å². The Hall–Kier alpha value is -2.99. The quantitative estimate of drug-likeness (QED) is 0.415. The van der Waals surface area contributed by atoms with E-state index in [1.165, 1.54) is 23.0 Å². The van der Waals surface area contributed by atoms with Crippen LogP contribution in [0.1, 0.15) is 63.5 Å². The van der Waals surface area contributed by atoms with Crippen LogP contribution < -0.4 is 22.5 Å². The molecule has 0 atom stereocenters. The third kappa shape index (κ3) is 8.35. The van der Waals surface area contributed by atoms with Crippen molar-refractivity contribution in [2.75, 3.05) is 38.0 Å². The molecule has 1 aliphatic heterocycles. The Balaban J connectivity index is 0.00000423. The molecule has 5 rings (SSSR count). The number of aryl methyl sites for hydroxylation is 1. The smallest absolute Gasteiger partial charge is 0.338 e. The van der Waals surface area contributed by atoms with Crippen molar-refractivity contribution in [3.63, 3.8) is 0 Å². The molecule has 5 N–H and O–H groups in total. The van der Waals surface area contributed by atoms with Crippen molar-refractivity contribution in [3.8, 4) is 5.69 Å². The van der Waals surface area contributed by atoms with Crippen molar-refractivity contribution in [2.45, 2.75) is 83.5 Å². The van der Waals surface area contributed by atoms with E-state index in [1.807, 2.05) is 12.1 Å². The van der Waals surface area contributed by atoms with Crippen LogP contribution in [0.25, 0.3) is 5.69 Å². The maximum absolute atomic E-state index is 13.0. The highest BCUT2D eigenvalue weighted by Crippen LogP contribution is 2.33. The Morgan fingerprint density at radius 3 is 2.26 bits per heavy atom. The fraction of sp³-hybridized carbons (Fsp3) is 0.613. The predicted molar refractivity (Wildman–Crippen MR) is 171 cm³/mol. The SMILES string of the molecule is Cc1cc(-n2ccc(NC(=O)N3CCN(C(=O)C(C)(C)N)CC3)nc2=O)ccc1CN(CC1CC1)[C@H]1CC[C@H](N)CC1.Cl. The van der Waals surface area contributed by atoms with E-state index < -0.39 is 11.2 Å². The van der Waals surface area contributed by atoms with Crippen molar-refractivity contribution < 1.29 is 9.59 Å². The molecule has 2 aromatic rings. The molecule has 0 spiro atoms. The number of amides is 3. The molecule has 12 heteroatoms. The highest BCUT2D eigenvalue weighted by atomic mass is 35.5. The first kappa shape index (κ1) is 32.9. The Bertz CT molecular complexity index is 1340. The van der Waals surface area contributed by atoms with E-state index in [2.05, 4.69) is 28.2 Å². The minimum Gasteiger partial charge on any atom is -0.338 e. The van der Waals surface area contributed by atoms with Crippen LogP contribution in [0.15, 0.2) is 35.3 Å². The van der Waals surface area contributed by atoms with Gasteiger partial charge in [-0.05, 0) is 94.5 Å². The lowest BCUT2D eigenvalue weighted by molar-refractivity contribution is -0.137. The van der Waals surface area contributed by atoms with E-state index >= 15 is 0 Å². The highest BCUT2D eigenvalue weighted by molar-refractivity contribution is 5.89. The number of nitrogens with two attached hydrogens (primary N) is 2. The highest BCUT2D eigenvalue weighted by Gasteiger charge is 2.32. The number of halogens is 1. The van der Waals surface area contributed by atoms with E-state index in [0.717, 1.165) is 55.9 Å². The molecule has 3 fully saturated rings. The van der Waals surface area contributed by atoms with Crippen molar-refractivity contribution in [2.24, 2.45) is 17.4 Å². The number of rotatable bonds is 8. The first-order valence-electron chi connectivity index (χ1n) is 15.3. The third-order valence-electron chi connectivity index (χ3n) is 8.87. The van der Waals surface area contributed by atoms with Crippen molar-refractivity contribution >= 4 is 30.2 Å². The molecule has 0 radical (unpaired) electrons. The number of anilines is 1. The number of hydrogen-bond acceptors (Lipinski definition) is 7. The zero-order valence-electron chi connectivity index (χ0n) is 25.6. The number of piperazine rings is 1. The molecule has 2 aliphatic carbocycles. The lowest BCUT2D eigenvalue weighted by Gasteiger charge is -2.37. The van der Waals surface area contributed by atoms with Gasteiger partial charge in [-0.15, -0.1) is 12.4 Å². The van der Waals surface area contributed by atoms with Gasteiger partial charge in [0.05, 0.1) is 11.2 Å². The third-order valence-corrected chi connectivity index (χ3v) is 8.87. The van der Waals surface area contributed by atoms with Crippen molar-refractivity contribution in [1.82, 2.24) is 24.3 Å². The van der Waals surface area contributed by atoms with E-state index in [4.69, 9.17) is 11.5 Å². The van der Waals surface area contributed by atoms with Crippen LogP contribution >= 0.6 is 12.4 Å².